The zero-order valence-corrected chi connectivity index (χ0v) is 17.0. The summed E-state index contributed by atoms with van der Waals surface area (Å²) in [5, 5.41) is 0. The molecule has 3 rings (SSSR count). The van der Waals surface area contributed by atoms with Crippen LogP contribution in [0.5, 0.6) is 0 Å². The summed E-state index contributed by atoms with van der Waals surface area (Å²) in [7, 11) is 0. The van der Waals surface area contributed by atoms with Crippen molar-refractivity contribution in [2.24, 2.45) is 0 Å². The Hall–Kier alpha value is -1.89. The van der Waals surface area contributed by atoms with E-state index in [1.54, 1.807) is 6.20 Å². The monoisotopic (exact) mass is 376 g/mol. The zero-order valence-electron chi connectivity index (χ0n) is 17.0. The zero-order chi connectivity index (χ0) is 19.6. The van der Waals surface area contributed by atoms with Gasteiger partial charge in [0.25, 0.3) is 5.56 Å². The molecule has 0 saturated carbocycles. The molecule has 0 aliphatic carbocycles. The van der Waals surface area contributed by atoms with E-state index >= 15 is 0 Å². The summed E-state index contributed by atoms with van der Waals surface area (Å²) in [6.07, 6.45) is 5.15. The average Bonchev–Trinajstić information content (AvgIpc) is 3.10. The number of amides is 1. The highest BCUT2D eigenvalue weighted by Crippen LogP contribution is 2.29. The molecule has 3 heterocycles. The van der Waals surface area contributed by atoms with Crippen molar-refractivity contribution in [2.75, 3.05) is 26.2 Å². The molecule has 2 fully saturated rings. The lowest BCUT2D eigenvalue weighted by molar-refractivity contribution is 0.0155. The van der Waals surface area contributed by atoms with E-state index in [9.17, 15) is 9.59 Å². The third kappa shape index (κ3) is 4.89. The Balaban J connectivity index is 1.52. The summed E-state index contributed by atoms with van der Waals surface area (Å²) >= 11 is 0. The van der Waals surface area contributed by atoms with Gasteiger partial charge < -0.3 is 14.6 Å². The third-order valence-corrected chi connectivity index (χ3v) is 5.51. The van der Waals surface area contributed by atoms with Crippen LogP contribution in [-0.2, 0) is 11.2 Å². The van der Waals surface area contributed by atoms with Gasteiger partial charge in [-0.2, -0.15) is 0 Å². The topological polar surface area (TPSA) is 78.5 Å². The van der Waals surface area contributed by atoms with E-state index in [1.165, 1.54) is 0 Å². The van der Waals surface area contributed by atoms with Crippen molar-refractivity contribution in [3.63, 3.8) is 0 Å². The van der Waals surface area contributed by atoms with Crippen LogP contribution in [0.4, 0.5) is 4.79 Å². The minimum Gasteiger partial charge on any atom is -0.444 e. The van der Waals surface area contributed by atoms with E-state index in [-0.39, 0.29) is 17.6 Å². The number of aryl methyl sites for hydroxylation is 1. The van der Waals surface area contributed by atoms with Crippen LogP contribution in [0.1, 0.15) is 64.3 Å². The summed E-state index contributed by atoms with van der Waals surface area (Å²) in [6, 6.07) is 0.482. The van der Waals surface area contributed by atoms with Gasteiger partial charge >= 0.3 is 6.09 Å². The molecular formula is C20H32N4O3. The maximum absolute atomic E-state index is 12.2. The predicted octanol–water partition coefficient (Wildman–Crippen LogP) is 2.52. The number of piperidine rings is 1. The van der Waals surface area contributed by atoms with E-state index in [4.69, 9.17) is 4.74 Å². The van der Waals surface area contributed by atoms with Gasteiger partial charge in [0.2, 0.25) is 0 Å². The van der Waals surface area contributed by atoms with Gasteiger partial charge in [0.05, 0.1) is 0 Å². The first-order chi connectivity index (χ1) is 12.8. The number of ether oxygens (including phenoxy) is 1. The number of nitrogens with zero attached hydrogens (tertiary/aromatic N) is 3. The Morgan fingerprint density at radius 1 is 1.26 bits per heavy atom. The highest BCUT2D eigenvalue weighted by molar-refractivity contribution is 5.68. The summed E-state index contributed by atoms with van der Waals surface area (Å²) in [4.78, 5) is 36.0. The van der Waals surface area contributed by atoms with Crippen molar-refractivity contribution in [1.82, 2.24) is 19.8 Å². The molecule has 1 atom stereocenters. The van der Waals surface area contributed by atoms with Gasteiger partial charge in [-0.25, -0.2) is 9.78 Å². The standard InChI is InChI=1S/C20H32N4O3/c1-5-14-12-21-17(22-18(14)25)15-6-9-24(13-15)16-7-10-23(11-8-16)19(26)27-20(2,3)4/h12,15-16H,5-11,13H2,1-4H3,(H,21,22,25). The van der Waals surface area contributed by atoms with Crippen LogP contribution in [0.25, 0.3) is 0 Å². The molecule has 1 unspecified atom stereocenters. The Morgan fingerprint density at radius 3 is 2.56 bits per heavy atom. The summed E-state index contributed by atoms with van der Waals surface area (Å²) in [6.45, 7) is 11.1. The molecule has 2 saturated heterocycles. The first-order valence-corrected chi connectivity index (χ1v) is 10.1. The molecule has 2 aliphatic rings. The molecule has 0 aromatic carbocycles. The fourth-order valence-corrected chi connectivity index (χ4v) is 3.98. The van der Waals surface area contributed by atoms with Crippen LogP contribution in [-0.4, -0.2) is 63.7 Å². The van der Waals surface area contributed by atoms with Crippen molar-refractivity contribution < 1.29 is 9.53 Å². The molecule has 2 aliphatic heterocycles. The smallest absolute Gasteiger partial charge is 0.410 e. The second-order valence-corrected chi connectivity index (χ2v) is 8.66. The minimum absolute atomic E-state index is 0.00776. The Bertz CT molecular complexity index is 717. The SMILES string of the molecule is CCc1cnc(C2CCN(C3CCN(C(=O)OC(C)(C)C)CC3)C2)[nH]c1=O. The number of hydrogen-bond donors (Lipinski definition) is 1. The fraction of sp³-hybridized carbons (Fsp3) is 0.750. The lowest BCUT2D eigenvalue weighted by Crippen LogP contribution is -2.47. The quantitative estimate of drug-likeness (QED) is 0.877. The summed E-state index contributed by atoms with van der Waals surface area (Å²) in [5.41, 5.74) is 0.280. The van der Waals surface area contributed by atoms with Gasteiger partial charge in [0.15, 0.2) is 0 Å². The largest absolute Gasteiger partial charge is 0.444 e. The summed E-state index contributed by atoms with van der Waals surface area (Å²) < 4.78 is 5.47. The second kappa shape index (κ2) is 8.00. The first-order valence-electron chi connectivity index (χ1n) is 10.1. The normalized spacial score (nSPS) is 22.2. The van der Waals surface area contributed by atoms with Crippen molar-refractivity contribution in [3.8, 4) is 0 Å². The molecular weight excluding hydrogens is 344 g/mol. The third-order valence-electron chi connectivity index (χ3n) is 5.51. The van der Waals surface area contributed by atoms with Gasteiger partial charge in [-0.1, -0.05) is 6.92 Å². The average molecular weight is 377 g/mol. The number of H-pyrrole nitrogens is 1. The molecule has 1 aromatic rings. The number of likely N-dealkylation sites (tertiary alicyclic amines) is 2. The van der Waals surface area contributed by atoms with Crippen LogP contribution in [0, 0.1) is 0 Å². The maximum Gasteiger partial charge on any atom is 0.410 e. The number of rotatable bonds is 3. The Morgan fingerprint density at radius 2 is 1.96 bits per heavy atom. The highest BCUT2D eigenvalue weighted by Gasteiger charge is 2.34. The van der Waals surface area contributed by atoms with Gasteiger partial charge in [-0.05, 0) is 53.0 Å². The van der Waals surface area contributed by atoms with E-state index in [2.05, 4.69) is 14.9 Å². The Labute approximate surface area is 161 Å². The van der Waals surface area contributed by atoms with E-state index in [1.807, 2.05) is 32.6 Å². The first kappa shape index (κ1) is 19.9. The van der Waals surface area contributed by atoms with E-state index in [0.29, 0.717) is 12.5 Å². The lowest BCUT2D eigenvalue weighted by atomic mass is 10.0. The van der Waals surface area contributed by atoms with Gasteiger partial charge in [-0.15, -0.1) is 0 Å². The highest BCUT2D eigenvalue weighted by atomic mass is 16.6. The van der Waals surface area contributed by atoms with E-state index < -0.39 is 5.60 Å². The van der Waals surface area contributed by atoms with Crippen LogP contribution in [0.3, 0.4) is 0 Å². The van der Waals surface area contributed by atoms with Crippen molar-refractivity contribution in [1.29, 1.82) is 0 Å². The van der Waals surface area contributed by atoms with Crippen LogP contribution >= 0.6 is 0 Å². The van der Waals surface area contributed by atoms with Gasteiger partial charge in [0, 0.05) is 43.4 Å². The Kier molecular flexibility index (Phi) is 5.89. The number of carbonyl (C=O) groups excluding carboxylic acids is 1. The van der Waals surface area contributed by atoms with Gasteiger partial charge in [0.1, 0.15) is 11.4 Å². The molecule has 27 heavy (non-hydrogen) atoms. The van der Waals surface area contributed by atoms with Crippen LogP contribution < -0.4 is 5.56 Å². The maximum atomic E-state index is 12.2. The second-order valence-electron chi connectivity index (χ2n) is 8.66. The molecule has 7 heteroatoms. The molecule has 1 aromatic heterocycles. The van der Waals surface area contributed by atoms with Crippen molar-refractivity contribution in [3.05, 3.63) is 27.9 Å². The molecule has 150 valence electrons. The van der Waals surface area contributed by atoms with Crippen LogP contribution in [0.2, 0.25) is 0 Å². The summed E-state index contributed by atoms with van der Waals surface area (Å²) in [5.74, 6) is 1.10. The number of nitrogens with one attached hydrogen (secondary N) is 1. The minimum atomic E-state index is -0.451. The number of aromatic amines is 1. The number of hydrogen-bond acceptors (Lipinski definition) is 5. The molecule has 0 spiro atoms. The fourth-order valence-electron chi connectivity index (χ4n) is 3.98. The van der Waals surface area contributed by atoms with E-state index in [0.717, 1.165) is 56.8 Å². The van der Waals surface area contributed by atoms with Crippen molar-refractivity contribution in [2.45, 2.75) is 70.9 Å². The number of aromatic nitrogens is 2. The predicted molar refractivity (Wildman–Crippen MR) is 104 cm³/mol. The molecule has 1 N–H and O–H groups in total. The lowest BCUT2D eigenvalue weighted by Gasteiger charge is -2.37. The molecule has 0 bridgehead atoms. The molecule has 1 amide bonds. The van der Waals surface area contributed by atoms with Crippen molar-refractivity contribution >= 4 is 6.09 Å². The molecule has 7 nitrogen and oxygen atoms in total. The number of carbonyl (C=O) groups is 1. The van der Waals surface area contributed by atoms with Crippen LogP contribution in [0.15, 0.2) is 11.0 Å². The van der Waals surface area contributed by atoms with Gasteiger partial charge in [-0.3, -0.25) is 9.69 Å². The molecule has 0 radical (unpaired) electrons.